The van der Waals surface area contributed by atoms with Crippen LogP contribution >= 0.6 is 0 Å². The Morgan fingerprint density at radius 1 is 1.38 bits per heavy atom. The first-order chi connectivity index (χ1) is 7.19. The standard InChI is InChI=1S/C15H24O/c1-13(2,3)10-12-14(4,5)15(12)8-6-11(16)7-9-15/h6,8,12H,7,9-10H2,1-5H3. The maximum absolute atomic E-state index is 11.3. The molecule has 0 N–H and O–H groups in total. The highest BCUT2D eigenvalue weighted by Gasteiger charge is 2.69. The summed E-state index contributed by atoms with van der Waals surface area (Å²) in [7, 11) is 0. The van der Waals surface area contributed by atoms with Crippen LogP contribution in [-0.4, -0.2) is 5.78 Å². The van der Waals surface area contributed by atoms with Gasteiger partial charge in [0, 0.05) is 6.42 Å². The summed E-state index contributed by atoms with van der Waals surface area (Å²) in [6.45, 7) is 11.7. The SMILES string of the molecule is CC(C)(C)CC1C(C)(C)C12C=CC(=O)CC2. The number of carbonyl (C=O) groups excluding carboxylic acids is 1. The molecule has 90 valence electrons. The first-order valence-corrected chi connectivity index (χ1v) is 6.41. The number of rotatable bonds is 1. The molecule has 0 radical (unpaired) electrons. The molecule has 0 bridgehead atoms. The number of hydrogen-bond acceptors (Lipinski definition) is 1. The summed E-state index contributed by atoms with van der Waals surface area (Å²) >= 11 is 0. The molecule has 0 heterocycles. The predicted molar refractivity (Wildman–Crippen MR) is 67.2 cm³/mol. The van der Waals surface area contributed by atoms with Crippen molar-refractivity contribution in [2.24, 2.45) is 22.2 Å². The Morgan fingerprint density at radius 3 is 2.44 bits per heavy atom. The minimum Gasteiger partial charge on any atom is -0.295 e. The molecule has 1 saturated carbocycles. The van der Waals surface area contributed by atoms with Gasteiger partial charge in [-0.2, -0.15) is 0 Å². The molecule has 0 aliphatic heterocycles. The first kappa shape index (κ1) is 11.9. The van der Waals surface area contributed by atoms with Crippen LogP contribution in [0.15, 0.2) is 12.2 Å². The van der Waals surface area contributed by atoms with Crippen LogP contribution in [0.1, 0.15) is 53.9 Å². The fraction of sp³-hybridized carbons (Fsp3) is 0.800. The van der Waals surface area contributed by atoms with Crippen molar-refractivity contribution in [2.75, 3.05) is 0 Å². The third-order valence-electron chi connectivity index (χ3n) is 4.78. The van der Waals surface area contributed by atoms with Crippen LogP contribution in [0.2, 0.25) is 0 Å². The summed E-state index contributed by atoms with van der Waals surface area (Å²) in [5, 5.41) is 0. The molecular formula is C15H24O. The van der Waals surface area contributed by atoms with Gasteiger partial charge in [-0.25, -0.2) is 0 Å². The van der Waals surface area contributed by atoms with Crippen LogP contribution in [-0.2, 0) is 4.79 Å². The highest BCUT2D eigenvalue weighted by Crippen LogP contribution is 2.75. The van der Waals surface area contributed by atoms with Crippen LogP contribution in [0.25, 0.3) is 0 Å². The largest absolute Gasteiger partial charge is 0.295 e. The van der Waals surface area contributed by atoms with Gasteiger partial charge in [-0.15, -0.1) is 0 Å². The van der Waals surface area contributed by atoms with Crippen molar-refractivity contribution in [3.05, 3.63) is 12.2 Å². The number of allylic oxidation sites excluding steroid dienone is 2. The summed E-state index contributed by atoms with van der Waals surface area (Å²) in [6, 6.07) is 0. The van der Waals surface area contributed by atoms with E-state index in [9.17, 15) is 4.79 Å². The minimum absolute atomic E-state index is 0.308. The average molecular weight is 220 g/mol. The van der Waals surface area contributed by atoms with Crippen molar-refractivity contribution in [3.63, 3.8) is 0 Å². The smallest absolute Gasteiger partial charge is 0.155 e. The second-order valence-corrected chi connectivity index (χ2v) is 7.38. The number of ketones is 1. The lowest BCUT2D eigenvalue weighted by molar-refractivity contribution is -0.115. The van der Waals surface area contributed by atoms with Gasteiger partial charge in [-0.1, -0.05) is 40.7 Å². The van der Waals surface area contributed by atoms with Crippen LogP contribution in [0, 0.1) is 22.2 Å². The minimum atomic E-state index is 0.308. The predicted octanol–water partition coefficient (Wildman–Crippen LogP) is 3.98. The highest BCUT2D eigenvalue weighted by atomic mass is 16.1. The Bertz CT molecular complexity index is 343. The van der Waals surface area contributed by atoms with Crippen molar-refractivity contribution < 1.29 is 4.79 Å². The Balaban J connectivity index is 2.19. The lowest BCUT2D eigenvalue weighted by Crippen LogP contribution is -2.15. The second-order valence-electron chi connectivity index (χ2n) is 7.38. The molecule has 1 heteroatoms. The molecule has 0 amide bonds. The molecule has 0 saturated heterocycles. The number of hydrogen-bond donors (Lipinski definition) is 0. The summed E-state index contributed by atoms with van der Waals surface area (Å²) in [5.74, 6) is 1.06. The maximum atomic E-state index is 11.3. The van der Waals surface area contributed by atoms with Gasteiger partial charge >= 0.3 is 0 Å². The van der Waals surface area contributed by atoms with Gasteiger partial charge in [0.2, 0.25) is 0 Å². The van der Waals surface area contributed by atoms with E-state index >= 15 is 0 Å². The van der Waals surface area contributed by atoms with Gasteiger partial charge in [0.25, 0.3) is 0 Å². The Morgan fingerprint density at radius 2 is 2.00 bits per heavy atom. The zero-order valence-electron chi connectivity index (χ0n) is 11.3. The molecule has 2 rings (SSSR count). The van der Waals surface area contributed by atoms with E-state index in [1.807, 2.05) is 6.08 Å². The first-order valence-electron chi connectivity index (χ1n) is 6.41. The van der Waals surface area contributed by atoms with Crippen molar-refractivity contribution in [1.82, 2.24) is 0 Å². The molecule has 1 nitrogen and oxygen atoms in total. The molecule has 2 aliphatic carbocycles. The maximum Gasteiger partial charge on any atom is 0.155 e. The van der Waals surface area contributed by atoms with Gasteiger partial charge in [0.05, 0.1) is 0 Å². The molecule has 2 atom stereocenters. The van der Waals surface area contributed by atoms with Gasteiger partial charge in [-0.05, 0) is 41.1 Å². The van der Waals surface area contributed by atoms with E-state index in [4.69, 9.17) is 0 Å². The fourth-order valence-corrected chi connectivity index (χ4v) is 3.62. The van der Waals surface area contributed by atoms with E-state index in [1.54, 1.807) is 0 Å². The normalized spacial score (nSPS) is 36.8. The van der Waals surface area contributed by atoms with Crippen LogP contribution < -0.4 is 0 Å². The topological polar surface area (TPSA) is 17.1 Å². The van der Waals surface area contributed by atoms with E-state index in [2.05, 4.69) is 40.7 Å². The third kappa shape index (κ3) is 1.65. The zero-order valence-corrected chi connectivity index (χ0v) is 11.3. The molecule has 16 heavy (non-hydrogen) atoms. The van der Waals surface area contributed by atoms with E-state index < -0.39 is 0 Å². The lowest BCUT2D eigenvalue weighted by atomic mass is 9.83. The van der Waals surface area contributed by atoms with Crippen molar-refractivity contribution in [3.8, 4) is 0 Å². The molecule has 0 aromatic heterocycles. The molecule has 2 aliphatic rings. The van der Waals surface area contributed by atoms with Crippen molar-refractivity contribution in [1.29, 1.82) is 0 Å². The van der Waals surface area contributed by atoms with Crippen molar-refractivity contribution in [2.45, 2.75) is 53.9 Å². The molecular weight excluding hydrogens is 196 g/mol. The monoisotopic (exact) mass is 220 g/mol. The number of carbonyl (C=O) groups is 1. The van der Waals surface area contributed by atoms with Crippen LogP contribution in [0.5, 0.6) is 0 Å². The van der Waals surface area contributed by atoms with Crippen LogP contribution in [0.4, 0.5) is 0 Å². The van der Waals surface area contributed by atoms with E-state index in [-0.39, 0.29) is 0 Å². The Kier molecular flexibility index (Phi) is 2.38. The molecule has 0 aromatic rings. The third-order valence-corrected chi connectivity index (χ3v) is 4.78. The molecule has 1 spiro atoms. The Hall–Kier alpha value is -0.590. The van der Waals surface area contributed by atoms with E-state index in [1.165, 1.54) is 6.42 Å². The second kappa shape index (κ2) is 3.21. The summed E-state index contributed by atoms with van der Waals surface area (Å²) in [6.07, 6.45) is 7.12. The van der Waals surface area contributed by atoms with E-state index in [0.29, 0.717) is 22.0 Å². The van der Waals surface area contributed by atoms with Gasteiger partial charge in [0.1, 0.15) is 0 Å². The fourth-order valence-electron chi connectivity index (χ4n) is 3.62. The van der Waals surface area contributed by atoms with E-state index in [0.717, 1.165) is 18.8 Å². The van der Waals surface area contributed by atoms with Crippen LogP contribution in [0.3, 0.4) is 0 Å². The summed E-state index contributed by atoms with van der Waals surface area (Å²) in [5.41, 5.74) is 1.10. The molecule has 0 aromatic carbocycles. The van der Waals surface area contributed by atoms with Gasteiger partial charge in [-0.3, -0.25) is 4.79 Å². The highest BCUT2D eigenvalue weighted by molar-refractivity contribution is 5.91. The van der Waals surface area contributed by atoms with Crippen molar-refractivity contribution >= 4 is 5.78 Å². The lowest BCUT2D eigenvalue weighted by Gasteiger charge is -2.22. The summed E-state index contributed by atoms with van der Waals surface area (Å²) < 4.78 is 0. The quantitative estimate of drug-likeness (QED) is 0.653. The molecule has 1 fully saturated rings. The molecule has 2 unspecified atom stereocenters. The van der Waals surface area contributed by atoms with Gasteiger partial charge < -0.3 is 0 Å². The Labute approximate surface area is 99.3 Å². The average Bonchev–Trinajstić information content (AvgIpc) is 2.55. The zero-order chi connectivity index (χ0) is 12.2. The van der Waals surface area contributed by atoms with Gasteiger partial charge in [0.15, 0.2) is 5.78 Å². The summed E-state index contributed by atoms with van der Waals surface area (Å²) in [4.78, 5) is 11.3.